The van der Waals surface area contributed by atoms with E-state index in [0.29, 0.717) is 17.4 Å². The van der Waals surface area contributed by atoms with E-state index in [-0.39, 0.29) is 11.9 Å². The molecule has 0 unspecified atom stereocenters. The first-order valence-corrected chi connectivity index (χ1v) is 10.4. The van der Waals surface area contributed by atoms with Crippen LogP contribution in [0.15, 0.2) is 29.4 Å². The van der Waals surface area contributed by atoms with E-state index in [0.717, 1.165) is 36.2 Å². The van der Waals surface area contributed by atoms with Crippen LogP contribution in [-0.4, -0.2) is 31.7 Å². The van der Waals surface area contributed by atoms with Gasteiger partial charge < -0.3 is 5.32 Å². The summed E-state index contributed by atoms with van der Waals surface area (Å²) in [5.41, 5.74) is 5.27. The van der Waals surface area contributed by atoms with Crippen molar-refractivity contribution in [2.24, 2.45) is 0 Å². The molecule has 0 aliphatic heterocycles. The monoisotopic (exact) mass is 381 g/mol. The first-order valence-electron chi connectivity index (χ1n) is 9.21. The van der Waals surface area contributed by atoms with Crippen molar-refractivity contribution in [3.05, 3.63) is 52.3 Å². The van der Waals surface area contributed by atoms with Gasteiger partial charge in [-0.3, -0.25) is 4.79 Å². The molecule has 7 heteroatoms. The number of hydrogen-bond donors (Lipinski definition) is 1. The number of aromatic nitrogens is 4. The third-order valence-corrected chi connectivity index (χ3v) is 5.79. The van der Waals surface area contributed by atoms with Crippen LogP contribution in [0.4, 0.5) is 0 Å². The number of benzene rings is 1. The molecule has 6 nitrogen and oxygen atoms in total. The van der Waals surface area contributed by atoms with E-state index in [9.17, 15) is 4.79 Å². The molecule has 0 saturated carbocycles. The van der Waals surface area contributed by atoms with Crippen molar-refractivity contribution in [3.8, 4) is 0 Å². The normalized spacial score (nSPS) is 16.3. The number of carbonyl (C=O) groups is 1. The Morgan fingerprint density at radius 1 is 1.30 bits per heavy atom. The fourth-order valence-corrected chi connectivity index (χ4v) is 4.18. The van der Waals surface area contributed by atoms with Gasteiger partial charge in [-0.25, -0.2) is 9.50 Å². The number of amides is 1. The smallest absolute Gasteiger partial charge is 0.253 e. The van der Waals surface area contributed by atoms with Gasteiger partial charge in [-0.05, 0) is 50.5 Å². The van der Waals surface area contributed by atoms with Gasteiger partial charge in [-0.1, -0.05) is 36.0 Å². The van der Waals surface area contributed by atoms with Crippen molar-refractivity contribution in [3.63, 3.8) is 0 Å². The highest BCUT2D eigenvalue weighted by Crippen LogP contribution is 2.29. The van der Waals surface area contributed by atoms with E-state index >= 15 is 0 Å². The highest BCUT2D eigenvalue weighted by molar-refractivity contribution is 7.98. The predicted octanol–water partition coefficient (Wildman–Crippen LogP) is 3.20. The Hall–Kier alpha value is -2.41. The van der Waals surface area contributed by atoms with Crippen molar-refractivity contribution < 1.29 is 4.79 Å². The van der Waals surface area contributed by atoms with E-state index in [2.05, 4.69) is 38.6 Å². The van der Waals surface area contributed by atoms with Crippen molar-refractivity contribution in [2.45, 2.75) is 50.7 Å². The standard InChI is InChI=1S/C20H23N5OS/c1-12-16(13(2)25-19(21-12)23-20(24-25)27-3)11-18(26)22-17-10-6-8-14-7-4-5-9-15(14)17/h4-5,7,9,17H,6,8,10-11H2,1-3H3,(H,22,26)/t17-/m1/s1. The van der Waals surface area contributed by atoms with Gasteiger partial charge in [0.05, 0.1) is 12.5 Å². The number of fused-ring (bicyclic) bond motifs is 2. The van der Waals surface area contributed by atoms with E-state index in [1.54, 1.807) is 4.52 Å². The fraction of sp³-hybridized carbons (Fsp3) is 0.400. The summed E-state index contributed by atoms with van der Waals surface area (Å²) in [6.45, 7) is 3.90. The van der Waals surface area contributed by atoms with E-state index < -0.39 is 0 Å². The molecule has 4 rings (SSSR count). The molecular weight excluding hydrogens is 358 g/mol. The van der Waals surface area contributed by atoms with Gasteiger partial charge in [-0.15, -0.1) is 5.10 Å². The zero-order chi connectivity index (χ0) is 19.0. The summed E-state index contributed by atoms with van der Waals surface area (Å²) in [7, 11) is 0. The molecule has 27 heavy (non-hydrogen) atoms. The Kier molecular flexibility index (Phi) is 4.86. The molecule has 1 N–H and O–H groups in total. The summed E-state index contributed by atoms with van der Waals surface area (Å²) in [6, 6.07) is 8.49. The van der Waals surface area contributed by atoms with Crippen LogP contribution < -0.4 is 5.32 Å². The summed E-state index contributed by atoms with van der Waals surface area (Å²) in [5, 5.41) is 8.37. The Labute approximate surface area is 162 Å². The van der Waals surface area contributed by atoms with Gasteiger partial charge in [-0.2, -0.15) is 4.98 Å². The Morgan fingerprint density at radius 2 is 2.11 bits per heavy atom. The summed E-state index contributed by atoms with van der Waals surface area (Å²) < 4.78 is 1.73. The lowest BCUT2D eigenvalue weighted by molar-refractivity contribution is -0.121. The van der Waals surface area contributed by atoms with Crippen molar-refractivity contribution >= 4 is 23.4 Å². The summed E-state index contributed by atoms with van der Waals surface area (Å²) in [6.07, 6.45) is 5.41. The zero-order valence-electron chi connectivity index (χ0n) is 15.8. The lowest BCUT2D eigenvalue weighted by Gasteiger charge is -2.26. The second-order valence-corrected chi connectivity index (χ2v) is 7.73. The number of nitrogens with zero attached hydrogens (tertiary/aromatic N) is 4. The number of nitrogens with one attached hydrogen (secondary N) is 1. The SMILES string of the molecule is CSc1nc2nc(C)c(CC(=O)N[C@@H]3CCCc4ccccc43)c(C)n2n1. The van der Waals surface area contributed by atoms with Gasteiger partial charge in [0.1, 0.15) is 0 Å². The lowest BCUT2D eigenvalue weighted by Crippen LogP contribution is -2.32. The van der Waals surface area contributed by atoms with Crippen LogP contribution in [-0.2, 0) is 17.6 Å². The topological polar surface area (TPSA) is 72.2 Å². The third kappa shape index (κ3) is 3.43. The number of hydrogen-bond acceptors (Lipinski definition) is 5. The average Bonchev–Trinajstić information content (AvgIpc) is 3.09. The van der Waals surface area contributed by atoms with Crippen molar-refractivity contribution in [1.82, 2.24) is 24.9 Å². The van der Waals surface area contributed by atoms with Crippen LogP contribution >= 0.6 is 11.8 Å². The molecular formula is C20H23N5OS. The number of carbonyl (C=O) groups excluding carboxylic acids is 1. The van der Waals surface area contributed by atoms with Crippen LogP contribution in [0.5, 0.6) is 0 Å². The highest BCUT2D eigenvalue weighted by Gasteiger charge is 2.22. The quantitative estimate of drug-likeness (QED) is 0.703. The minimum Gasteiger partial charge on any atom is -0.349 e. The van der Waals surface area contributed by atoms with Gasteiger partial charge in [0.2, 0.25) is 11.1 Å². The molecule has 0 fully saturated rings. The molecule has 0 spiro atoms. The van der Waals surface area contributed by atoms with Crippen molar-refractivity contribution in [1.29, 1.82) is 0 Å². The molecule has 2 heterocycles. The van der Waals surface area contributed by atoms with Gasteiger partial charge in [0.25, 0.3) is 5.78 Å². The summed E-state index contributed by atoms with van der Waals surface area (Å²) in [4.78, 5) is 21.7. The van der Waals surface area contributed by atoms with Crippen LogP contribution in [0, 0.1) is 13.8 Å². The molecule has 2 aromatic heterocycles. The minimum atomic E-state index is 0.0225. The van der Waals surface area contributed by atoms with Crippen LogP contribution in [0.1, 0.15) is 47.0 Å². The van der Waals surface area contributed by atoms with Crippen LogP contribution in [0.25, 0.3) is 5.78 Å². The second-order valence-electron chi connectivity index (χ2n) is 6.96. The predicted molar refractivity (Wildman–Crippen MR) is 106 cm³/mol. The van der Waals surface area contributed by atoms with E-state index in [1.165, 1.54) is 22.9 Å². The maximum absolute atomic E-state index is 12.8. The van der Waals surface area contributed by atoms with Crippen molar-refractivity contribution in [2.75, 3.05) is 6.26 Å². The first kappa shape index (κ1) is 18.0. The zero-order valence-corrected chi connectivity index (χ0v) is 16.6. The molecule has 0 radical (unpaired) electrons. The molecule has 1 atom stereocenters. The Bertz CT molecular complexity index is 1010. The fourth-order valence-electron chi connectivity index (χ4n) is 3.84. The summed E-state index contributed by atoms with van der Waals surface area (Å²) in [5.74, 6) is 0.606. The van der Waals surface area contributed by atoms with Crippen LogP contribution in [0.2, 0.25) is 0 Å². The molecule has 1 aliphatic rings. The first-order chi connectivity index (χ1) is 13.1. The average molecular weight is 382 g/mol. The molecule has 3 aromatic rings. The van der Waals surface area contributed by atoms with Gasteiger partial charge in [0.15, 0.2) is 0 Å². The van der Waals surface area contributed by atoms with Gasteiger partial charge in [0, 0.05) is 17.0 Å². The second kappa shape index (κ2) is 7.31. The molecule has 140 valence electrons. The molecule has 0 saturated heterocycles. The maximum Gasteiger partial charge on any atom is 0.253 e. The van der Waals surface area contributed by atoms with E-state index in [4.69, 9.17) is 0 Å². The Balaban J connectivity index is 1.57. The van der Waals surface area contributed by atoms with Crippen LogP contribution in [0.3, 0.4) is 0 Å². The number of thioether (sulfide) groups is 1. The number of rotatable bonds is 4. The molecule has 1 aliphatic carbocycles. The molecule has 1 aromatic carbocycles. The maximum atomic E-state index is 12.8. The Morgan fingerprint density at radius 3 is 2.93 bits per heavy atom. The number of aryl methyl sites for hydroxylation is 3. The molecule has 1 amide bonds. The highest BCUT2D eigenvalue weighted by atomic mass is 32.2. The van der Waals surface area contributed by atoms with Gasteiger partial charge >= 0.3 is 0 Å². The largest absolute Gasteiger partial charge is 0.349 e. The third-order valence-electron chi connectivity index (χ3n) is 5.25. The summed E-state index contributed by atoms with van der Waals surface area (Å²) >= 11 is 1.48. The van der Waals surface area contributed by atoms with E-state index in [1.807, 2.05) is 26.2 Å². The minimum absolute atomic E-state index is 0.0225. The molecule has 0 bridgehead atoms. The lowest BCUT2D eigenvalue weighted by atomic mass is 9.87.